The lowest BCUT2D eigenvalue weighted by molar-refractivity contribution is 1.27. The molecule has 0 saturated carbocycles. The SMILES string of the molecule is C=CSC=C(N)N. The van der Waals surface area contributed by atoms with Crippen molar-refractivity contribution < 1.29 is 0 Å². The van der Waals surface area contributed by atoms with Crippen molar-refractivity contribution in [2.24, 2.45) is 11.5 Å². The first-order valence-electron chi connectivity index (χ1n) is 1.75. The van der Waals surface area contributed by atoms with Crippen LogP contribution in [-0.4, -0.2) is 0 Å². The minimum atomic E-state index is 0.324. The monoisotopic (exact) mass is 116 g/mol. The summed E-state index contributed by atoms with van der Waals surface area (Å²) >= 11 is 1.37. The molecule has 0 saturated heterocycles. The molecule has 0 aliphatic rings. The Hall–Kier alpha value is -0.570. The highest BCUT2D eigenvalue weighted by atomic mass is 32.2. The fraction of sp³-hybridized carbons (Fsp3) is 0. The van der Waals surface area contributed by atoms with Gasteiger partial charge in [0.2, 0.25) is 0 Å². The van der Waals surface area contributed by atoms with E-state index in [4.69, 9.17) is 11.5 Å². The third kappa shape index (κ3) is 5.43. The topological polar surface area (TPSA) is 52.0 Å². The lowest BCUT2D eigenvalue weighted by atomic mass is 10.9. The fourth-order valence-electron chi connectivity index (χ4n) is 0.127. The van der Waals surface area contributed by atoms with E-state index >= 15 is 0 Å². The Balaban J connectivity index is 3.25. The molecule has 0 aromatic heterocycles. The van der Waals surface area contributed by atoms with Crippen molar-refractivity contribution >= 4 is 11.8 Å². The predicted octanol–water partition coefficient (Wildman–Crippen LogP) is 0.579. The predicted molar refractivity (Wildman–Crippen MR) is 34.2 cm³/mol. The van der Waals surface area contributed by atoms with Gasteiger partial charge in [0, 0.05) is 5.41 Å². The molecule has 0 aromatic carbocycles. The smallest absolute Gasteiger partial charge is 0.100 e. The Bertz CT molecular complexity index is 83.7. The molecule has 0 atom stereocenters. The van der Waals surface area contributed by atoms with Crippen LogP contribution in [0.1, 0.15) is 0 Å². The van der Waals surface area contributed by atoms with Crippen LogP contribution in [0.2, 0.25) is 0 Å². The maximum atomic E-state index is 5.05. The summed E-state index contributed by atoms with van der Waals surface area (Å²) < 4.78 is 0. The maximum absolute atomic E-state index is 5.05. The second-order valence-corrected chi connectivity index (χ2v) is 1.76. The van der Waals surface area contributed by atoms with Crippen molar-refractivity contribution in [3.8, 4) is 0 Å². The van der Waals surface area contributed by atoms with E-state index in [-0.39, 0.29) is 0 Å². The standard InChI is InChI=1S/C4H8N2S/c1-2-7-3-4(5)6/h2-3H,1,5-6H2. The van der Waals surface area contributed by atoms with Crippen LogP contribution < -0.4 is 11.5 Å². The highest BCUT2D eigenvalue weighted by Crippen LogP contribution is 2.00. The van der Waals surface area contributed by atoms with Gasteiger partial charge in [-0.05, 0) is 5.41 Å². The summed E-state index contributed by atoms with van der Waals surface area (Å²) in [6, 6.07) is 0. The van der Waals surface area contributed by atoms with Crippen LogP contribution in [0.15, 0.2) is 23.2 Å². The third-order valence-corrected chi connectivity index (χ3v) is 0.901. The van der Waals surface area contributed by atoms with Gasteiger partial charge in [-0.15, -0.1) is 11.8 Å². The van der Waals surface area contributed by atoms with E-state index in [1.165, 1.54) is 11.8 Å². The minimum absolute atomic E-state index is 0.324. The molecule has 0 bridgehead atoms. The van der Waals surface area contributed by atoms with E-state index < -0.39 is 0 Å². The van der Waals surface area contributed by atoms with Crippen molar-refractivity contribution in [3.63, 3.8) is 0 Å². The van der Waals surface area contributed by atoms with Gasteiger partial charge in [0.25, 0.3) is 0 Å². The van der Waals surface area contributed by atoms with Crippen LogP contribution in [0.5, 0.6) is 0 Å². The first kappa shape index (κ1) is 6.43. The molecule has 0 fully saturated rings. The Morgan fingerprint density at radius 1 is 1.57 bits per heavy atom. The molecule has 0 amide bonds. The van der Waals surface area contributed by atoms with Crippen LogP contribution in [0, 0.1) is 0 Å². The quantitative estimate of drug-likeness (QED) is 0.555. The second-order valence-electron chi connectivity index (χ2n) is 0.921. The molecule has 3 heteroatoms. The van der Waals surface area contributed by atoms with Crippen LogP contribution in [0.4, 0.5) is 0 Å². The first-order chi connectivity index (χ1) is 3.27. The zero-order valence-electron chi connectivity index (χ0n) is 3.92. The summed E-state index contributed by atoms with van der Waals surface area (Å²) in [5, 5.41) is 3.27. The lowest BCUT2D eigenvalue weighted by Gasteiger charge is -1.83. The Kier molecular flexibility index (Phi) is 3.32. The third-order valence-electron chi connectivity index (χ3n) is 0.300. The molecule has 2 nitrogen and oxygen atoms in total. The van der Waals surface area contributed by atoms with Crippen LogP contribution in [-0.2, 0) is 0 Å². The Labute approximate surface area is 47.3 Å². The van der Waals surface area contributed by atoms with Gasteiger partial charge in [0.15, 0.2) is 0 Å². The number of nitrogens with two attached hydrogens (primary N) is 2. The van der Waals surface area contributed by atoms with Crippen LogP contribution >= 0.6 is 11.8 Å². The van der Waals surface area contributed by atoms with Crippen molar-refractivity contribution in [1.29, 1.82) is 0 Å². The summed E-state index contributed by atoms with van der Waals surface area (Å²) in [4.78, 5) is 0. The maximum Gasteiger partial charge on any atom is 0.100 e. The number of thioether (sulfide) groups is 1. The zero-order chi connectivity index (χ0) is 5.70. The van der Waals surface area contributed by atoms with E-state index in [9.17, 15) is 0 Å². The molecule has 7 heavy (non-hydrogen) atoms. The Morgan fingerprint density at radius 2 is 2.14 bits per heavy atom. The molecule has 0 rings (SSSR count). The van der Waals surface area contributed by atoms with Crippen molar-refractivity contribution in [1.82, 2.24) is 0 Å². The van der Waals surface area contributed by atoms with E-state index in [1.54, 1.807) is 10.8 Å². The minimum Gasteiger partial charge on any atom is -0.385 e. The summed E-state index contributed by atoms with van der Waals surface area (Å²) in [5.74, 6) is 0.324. The lowest BCUT2D eigenvalue weighted by Crippen LogP contribution is -2.06. The highest BCUT2D eigenvalue weighted by Gasteiger charge is 1.70. The van der Waals surface area contributed by atoms with Gasteiger partial charge >= 0.3 is 0 Å². The number of hydrogen-bond acceptors (Lipinski definition) is 3. The van der Waals surface area contributed by atoms with Gasteiger partial charge in [-0.25, -0.2) is 0 Å². The molecule has 0 unspecified atom stereocenters. The second kappa shape index (κ2) is 3.61. The molecule has 40 valence electrons. The molecule has 0 spiro atoms. The Morgan fingerprint density at radius 3 is 2.29 bits per heavy atom. The van der Waals surface area contributed by atoms with Gasteiger partial charge in [-0.1, -0.05) is 6.58 Å². The summed E-state index contributed by atoms with van der Waals surface area (Å²) in [7, 11) is 0. The van der Waals surface area contributed by atoms with Gasteiger partial charge in [-0.2, -0.15) is 0 Å². The summed E-state index contributed by atoms with van der Waals surface area (Å²) in [5.41, 5.74) is 10.1. The molecule has 0 aliphatic carbocycles. The zero-order valence-corrected chi connectivity index (χ0v) is 4.74. The highest BCUT2D eigenvalue weighted by molar-refractivity contribution is 8.04. The first-order valence-corrected chi connectivity index (χ1v) is 2.69. The van der Waals surface area contributed by atoms with E-state index in [1.807, 2.05) is 0 Å². The average Bonchev–Trinajstić information content (AvgIpc) is 1.61. The van der Waals surface area contributed by atoms with Crippen molar-refractivity contribution in [3.05, 3.63) is 23.2 Å². The van der Waals surface area contributed by atoms with Crippen LogP contribution in [0.25, 0.3) is 0 Å². The molecule has 0 aliphatic heterocycles. The van der Waals surface area contributed by atoms with Crippen molar-refractivity contribution in [2.45, 2.75) is 0 Å². The normalized spacial score (nSPS) is 7.43. The summed E-state index contributed by atoms with van der Waals surface area (Å²) in [6.45, 7) is 3.44. The molecule has 0 radical (unpaired) electrons. The number of rotatable bonds is 2. The van der Waals surface area contributed by atoms with E-state index in [0.717, 1.165) is 0 Å². The molecular formula is C4H8N2S. The fourth-order valence-corrected chi connectivity index (χ4v) is 0.380. The van der Waals surface area contributed by atoms with Crippen LogP contribution in [0.3, 0.4) is 0 Å². The molecular weight excluding hydrogens is 108 g/mol. The molecule has 0 aromatic rings. The van der Waals surface area contributed by atoms with Gasteiger partial charge in [-0.3, -0.25) is 0 Å². The van der Waals surface area contributed by atoms with Crippen molar-refractivity contribution in [2.75, 3.05) is 0 Å². The van der Waals surface area contributed by atoms with E-state index in [2.05, 4.69) is 6.58 Å². The molecule has 4 N–H and O–H groups in total. The average molecular weight is 116 g/mol. The molecule has 0 heterocycles. The summed E-state index contributed by atoms with van der Waals surface area (Å²) in [6.07, 6.45) is 0. The van der Waals surface area contributed by atoms with Gasteiger partial charge in [0.1, 0.15) is 5.82 Å². The number of hydrogen-bond donors (Lipinski definition) is 2. The van der Waals surface area contributed by atoms with E-state index in [0.29, 0.717) is 5.82 Å². The largest absolute Gasteiger partial charge is 0.385 e. The van der Waals surface area contributed by atoms with Gasteiger partial charge < -0.3 is 11.5 Å². The van der Waals surface area contributed by atoms with Gasteiger partial charge in [0.05, 0.1) is 0 Å².